The maximum atomic E-state index is 12.8. The van der Waals surface area contributed by atoms with E-state index in [2.05, 4.69) is 23.5 Å². The van der Waals surface area contributed by atoms with Gasteiger partial charge in [0.25, 0.3) is 5.91 Å². The van der Waals surface area contributed by atoms with Crippen molar-refractivity contribution in [1.29, 1.82) is 0 Å². The van der Waals surface area contributed by atoms with E-state index in [9.17, 15) is 4.79 Å². The zero-order chi connectivity index (χ0) is 15.9. The van der Waals surface area contributed by atoms with E-state index in [1.54, 1.807) is 0 Å². The summed E-state index contributed by atoms with van der Waals surface area (Å²) in [5.41, 5.74) is 2.39. The van der Waals surface area contributed by atoms with E-state index in [0.717, 1.165) is 42.0 Å². The summed E-state index contributed by atoms with van der Waals surface area (Å²) in [5.74, 6) is 0.967. The van der Waals surface area contributed by atoms with E-state index in [0.29, 0.717) is 6.61 Å². The first kappa shape index (κ1) is 14.3. The number of fused-ring (bicyclic) bond motifs is 3. The van der Waals surface area contributed by atoms with Crippen LogP contribution in [0.2, 0.25) is 0 Å². The van der Waals surface area contributed by atoms with E-state index in [1.807, 2.05) is 42.2 Å². The smallest absolute Gasteiger partial charge is 0.256 e. The van der Waals surface area contributed by atoms with Crippen LogP contribution in [0.4, 0.5) is 0 Å². The second kappa shape index (κ2) is 5.39. The lowest BCUT2D eigenvalue weighted by Gasteiger charge is -2.44. The highest BCUT2D eigenvalue weighted by molar-refractivity contribution is 6.00. The van der Waals surface area contributed by atoms with Crippen LogP contribution in [0.25, 0.3) is 0 Å². The van der Waals surface area contributed by atoms with Crippen molar-refractivity contribution in [3.05, 3.63) is 65.2 Å². The van der Waals surface area contributed by atoms with Gasteiger partial charge in [0.1, 0.15) is 11.4 Å². The van der Waals surface area contributed by atoms with Crippen molar-refractivity contribution in [3.63, 3.8) is 0 Å². The van der Waals surface area contributed by atoms with E-state index in [-0.39, 0.29) is 5.91 Å². The maximum Gasteiger partial charge on any atom is 0.256 e. The molecule has 2 aliphatic heterocycles. The van der Waals surface area contributed by atoms with Gasteiger partial charge in [-0.3, -0.25) is 10.1 Å². The van der Waals surface area contributed by atoms with Gasteiger partial charge in [0, 0.05) is 17.7 Å². The first-order valence-electron chi connectivity index (χ1n) is 8.17. The lowest BCUT2D eigenvalue weighted by Crippen LogP contribution is -2.59. The molecule has 0 unspecified atom stereocenters. The van der Waals surface area contributed by atoms with Crippen LogP contribution in [-0.2, 0) is 5.66 Å². The SMILES string of the molecule is CCOc1ccc([C@]23NCCCN2C(=O)c2ccccc23)cc1. The number of nitrogens with zero attached hydrogens (tertiary/aromatic N) is 1. The molecule has 2 heterocycles. The maximum absolute atomic E-state index is 12.8. The van der Waals surface area contributed by atoms with Crippen LogP contribution in [-0.4, -0.2) is 30.5 Å². The summed E-state index contributed by atoms with van der Waals surface area (Å²) in [4.78, 5) is 14.8. The monoisotopic (exact) mass is 308 g/mol. The molecule has 0 aromatic heterocycles. The molecule has 2 aromatic rings. The fourth-order valence-electron chi connectivity index (χ4n) is 3.77. The van der Waals surface area contributed by atoms with Crippen LogP contribution in [0.1, 0.15) is 34.8 Å². The fourth-order valence-corrected chi connectivity index (χ4v) is 3.77. The molecule has 1 N–H and O–H groups in total. The summed E-state index contributed by atoms with van der Waals surface area (Å²) >= 11 is 0. The molecule has 118 valence electrons. The van der Waals surface area contributed by atoms with Crippen molar-refractivity contribution in [2.24, 2.45) is 0 Å². The lowest BCUT2D eigenvalue weighted by molar-refractivity contribution is 0.0457. The number of ether oxygens (including phenoxy) is 1. The molecule has 0 spiro atoms. The Balaban J connectivity index is 1.87. The van der Waals surface area contributed by atoms with E-state index < -0.39 is 5.66 Å². The number of hydrogen-bond donors (Lipinski definition) is 1. The lowest BCUT2D eigenvalue weighted by atomic mass is 9.89. The zero-order valence-corrected chi connectivity index (χ0v) is 13.2. The normalized spacial score (nSPS) is 22.7. The molecule has 23 heavy (non-hydrogen) atoms. The van der Waals surface area contributed by atoms with Crippen molar-refractivity contribution < 1.29 is 9.53 Å². The van der Waals surface area contributed by atoms with Gasteiger partial charge >= 0.3 is 0 Å². The Morgan fingerprint density at radius 1 is 1.17 bits per heavy atom. The molecule has 2 aliphatic rings. The number of nitrogens with one attached hydrogen (secondary N) is 1. The molecule has 0 saturated carbocycles. The fraction of sp³-hybridized carbons (Fsp3) is 0.316. The van der Waals surface area contributed by atoms with Crippen molar-refractivity contribution >= 4 is 5.91 Å². The first-order chi connectivity index (χ1) is 11.3. The van der Waals surface area contributed by atoms with E-state index in [1.165, 1.54) is 0 Å². The van der Waals surface area contributed by atoms with Crippen LogP contribution in [0.3, 0.4) is 0 Å². The largest absolute Gasteiger partial charge is 0.494 e. The molecule has 1 atom stereocenters. The molecule has 2 aromatic carbocycles. The highest BCUT2D eigenvalue weighted by Gasteiger charge is 2.51. The Morgan fingerprint density at radius 2 is 1.96 bits per heavy atom. The second-order valence-corrected chi connectivity index (χ2v) is 5.95. The van der Waals surface area contributed by atoms with Crippen molar-refractivity contribution in [3.8, 4) is 5.75 Å². The molecule has 1 fully saturated rings. The van der Waals surface area contributed by atoms with Gasteiger partial charge in [0.05, 0.1) is 6.61 Å². The first-order valence-corrected chi connectivity index (χ1v) is 8.17. The van der Waals surface area contributed by atoms with Crippen molar-refractivity contribution in [1.82, 2.24) is 10.2 Å². The summed E-state index contributed by atoms with van der Waals surface area (Å²) < 4.78 is 5.55. The molecule has 4 nitrogen and oxygen atoms in total. The van der Waals surface area contributed by atoms with Gasteiger partial charge < -0.3 is 9.64 Å². The summed E-state index contributed by atoms with van der Waals surface area (Å²) in [7, 11) is 0. The number of carbonyl (C=O) groups is 1. The number of rotatable bonds is 3. The van der Waals surface area contributed by atoms with Crippen LogP contribution >= 0.6 is 0 Å². The quantitative estimate of drug-likeness (QED) is 0.948. The highest BCUT2D eigenvalue weighted by Crippen LogP contribution is 2.43. The van der Waals surface area contributed by atoms with Gasteiger partial charge in [0.15, 0.2) is 0 Å². The third-order valence-corrected chi connectivity index (χ3v) is 4.72. The standard InChI is InChI=1S/C19H20N2O2/c1-2-23-15-10-8-14(9-11-15)19-17-7-4-3-6-16(17)18(22)21(19)13-5-12-20-19/h3-4,6-11,20H,2,5,12-13H2,1H3/t19-/m0/s1. The van der Waals surface area contributed by atoms with Crippen molar-refractivity contribution in [2.75, 3.05) is 19.7 Å². The molecule has 0 radical (unpaired) electrons. The molecule has 0 bridgehead atoms. The number of carbonyl (C=O) groups excluding carboxylic acids is 1. The van der Waals surface area contributed by atoms with Crippen LogP contribution in [0.5, 0.6) is 5.75 Å². The van der Waals surface area contributed by atoms with Gasteiger partial charge in [-0.25, -0.2) is 0 Å². The van der Waals surface area contributed by atoms with Crippen LogP contribution in [0.15, 0.2) is 48.5 Å². The third-order valence-electron chi connectivity index (χ3n) is 4.72. The Labute approximate surface area is 136 Å². The van der Waals surface area contributed by atoms with Crippen molar-refractivity contribution in [2.45, 2.75) is 19.0 Å². The van der Waals surface area contributed by atoms with Gasteiger partial charge in [-0.2, -0.15) is 0 Å². The number of hydrogen-bond acceptors (Lipinski definition) is 3. The topological polar surface area (TPSA) is 41.6 Å². The number of amides is 1. The predicted molar refractivity (Wildman–Crippen MR) is 88.5 cm³/mol. The molecule has 0 aliphatic carbocycles. The van der Waals surface area contributed by atoms with Crippen LogP contribution < -0.4 is 10.1 Å². The summed E-state index contributed by atoms with van der Waals surface area (Å²) in [6.45, 7) is 4.29. The minimum absolute atomic E-state index is 0.113. The molecular weight excluding hydrogens is 288 g/mol. The molecule has 1 amide bonds. The molecular formula is C19H20N2O2. The van der Waals surface area contributed by atoms with Gasteiger partial charge in [-0.05, 0) is 43.7 Å². The summed E-state index contributed by atoms with van der Waals surface area (Å²) in [6.07, 6.45) is 0.971. The summed E-state index contributed by atoms with van der Waals surface area (Å²) in [6, 6.07) is 16.0. The van der Waals surface area contributed by atoms with Gasteiger partial charge in [0.2, 0.25) is 0 Å². The van der Waals surface area contributed by atoms with Gasteiger partial charge in [-0.1, -0.05) is 30.3 Å². The molecule has 4 heteroatoms. The Kier molecular flexibility index (Phi) is 3.34. The van der Waals surface area contributed by atoms with Crippen LogP contribution in [0, 0.1) is 0 Å². The highest BCUT2D eigenvalue weighted by atomic mass is 16.5. The minimum Gasteiger partial charge on any atom is -0.494 e. The average Bonchev–Trinajstić information content (AvgIpc) is 2.87. The summed E-state index contributed by atoms with van der Waals surface area (Å²) in [5, 5.41) is 3.61. The Hall–Kier alpha value is -2.33. The molecule has 4 rings (SSSR count). The Bertz CT molecular complexity index is 741. The minimum atomic E-state index is -0.545. The molecule has 1 saturated heterocycles. The second-order valence-electron chi connectivity index (χ2n) is 5.95. The average molecular weight is 308 g/mol. The zero-order valence-electron chi connectivity index (χ0n) is 13.2. The van der Waals surface area contributed by atoms with E-state index >= 15 is 0 Å². The third kappa shape index (κ3) is 1.98. The predicted octanol–water partition coefficient (Wildman–Crippen LogP) is 2.74. The van der Waals surface area contributed by atoms with E-state index in [4.69, 9.17) is 4.74 Å². The number of benzene rings is 2. The van der Waals surface area contributed by atoms with Gasteiger partial charge in [-0.15, -0.1) is 0 Å². The Morgan fingerprint density at radius 3 is 2.74 bits per heavy atom.